The summed E-state index contributed by atoms with van der Waals surface area (Å²) in [7, 11) is 0. The van der Waals surface area contributed by atoms with Crippen LogP contribution >= 0.6 is 0 Å². The number of carboxylic acid groups (broad SMARTS) is 1. The summed E-state index contributed by atoms with van der Waals surface area (Å²) in [6.07, 6.45) is 5.72. The first-order chi connectivity index (χ1) is 9.35. The molecule has 0 heterocycles. The largest absolute Gasteiger partial charge is 0.480 e. The molecule has 0 saturated heterocycles. The zero-order valence-electron chi connectivity index (χ0n) is 12.9. The van der Waals surface area contributed by atoms with Gasteiger partial charge in [0, 0.05) is 6.04 Å². The molecule has 1 atom stereocenters. The van der Waals surface area contributed by atoms with E-state index in [0.29, 0.717) is 18.8 Å². The maximum Gasteiger partial charge on any atom is 0.329 e. The molecule has 0 radical (unpaired) electrons. The van der Waals surface area contributed by atoms with Gasteiger partial charge in [-0.1, -0.05) is 39.5 Å². The van der Waals surface area contributed by atoms with Crippen LogP contribution in [-0.4, -0.2) is 28.7 Å². The van der Waals surface area contributed by atoms with Gasteiger partial charge in [-0.25, -0.2) is 9.59 Å². The van der Waals surface area contributed by atoms with Gasteiger partial charge in [0.05, 0.1) is 0 Å². The Morgan fingerprint density at radius 1 is 1.10 bits per heavy atom. The number of aliphatic carboxylic acids is 1. The Kier molecular flexibility index (Phi) is 6.30. The molecule has 5 nitrogen and oxygen atoms in total. The smallest absolute Gasteiger partial charge is 0.329 e. The van der Waals surface area contributed by atoms with Crippen molar-refractivity contribution in [2.24, 2.45) is 5.92 Å². The molecule has 116 valence electrons. The van der Waals surface area contributed by atoms with Crippen LogP contribution in [0.25, 0.3) is 0 Å². The fraction of sp³-hybridized carbons (Fsp3) is 0.867. The summed E-state index contributed by atoms with van der Waals surface area (Å²) in [5.41, 5.74) is -1.09. The van der Waals surface area contributed by atoms with Crippen LogP contribution in [0.3, 0.4) is 0 Å². The Morgan fingerprint density at radius 2 is 1.65 bits per heavy atom. The number of carbonyl (C=O) groups excluding carboxylic acids is 1. The van der Waals surface area contributed by atoms with E-state index >= 15 is 0 Å². The second kappa shape index (κ2) is 7.50. The first-order valence-corrected chi connectivity index (χ1v) is 7.68. The molecular formula is C15H28N2O3. The quantitative estimate of drug-likeness (QED) is 0.679. The topological polar surface area (TPSA) is 78.4 Å². The molecule has 0 spiro atoms. The lowest BCUT2D eigenvalue weighted by molar-refractivity contribution is -0.145. The maximum atomic E-state index is 12.0. The van der Waals surface area contributed by atoms with E-state index in [9.17, 15) is 14.7 Å². The average Bonchev–Trinajstić information content (AvgIpc) is 2.53. The van der Waals surface area contributed by atoms with Crippen LogP contribution in [-0.2, 0) is 4.79 Å². The lowest BCUT2D eigenvalue weighted by atomic mass is 9.90. The second-order valence-electron chi connectivity index (χ2n) is 6.43. The van der Waals surface area contributed by atoms with Gasteiger partial charge >= 0.3 is 12.0 Å². The molecule has 2 amide bonds. The van der Waals surface area contributed by atoms with Gasteiger partial charge in [-0.05, 0) is 32.1 Å². The van der Waals surface area contributed by atoms with E-state index in [1.165, 1.54) is 0 Å². The average molecular weight is 284 g/mol. The number of hydrogen-bond donors (Lipinski definition) is 3. The molecule has 3 N–H and O–H groups in total. The van der Waals surface area contributed by atoms with Crippen LogP contribution in [0.15, 0.2) is 0 Å². The minimum atomic E-state index is -1.09. The van der Waals surface area contributed by atoms with Gasteiger partial charge in [0.25, 0.3) is 0 Å². The fourth-order valence-corrected chi connectivity index (χ4v) is 2.97. The number of rotatable bonds is 5. The number of nitrogens with one attached hydrogen (secondary N) is 2. The van der Waals surface area contributed by atoms with Gasteiger partial charge in [0.1, 0.15) is 5.54 Å². The lowest BCUT2D eigenvalue weighted by Crippen LogP contribution is -2.58. The Hall–Kier alpha value is -1.26. The predicted molar refractivity (Wildman–Crippen MR) is 78.7 cm³/mol. The van der Waals surface area contributed by atoms with Gasteiger partial charge in [0.15, 0.2) is 0 Å². The molecule has 0 aromatic heterocycles. The van der Waals surface area contributed by atoms with Crippen molar-refractivity contribution in [3.8, 4) is 0 Å². The minimum absolute atomic E-state index is 0.0478. The first kappa shape index (κ1) is 16.8. The van der Waals surface area contributed by atoms with Crippen molar-refractivity contribution in [1.82, 2.24) is 10.6 Å². The van der Waals surface area contributed by atoms with Crippen molar-refractivity contribution in [2.45, 2.75) is 77.3 Å². The Morgan fingerprint density at radius 3 is 2.10 bits per heavy atom. The lowest BCUT2D eigenvalue weighted by Gasteiger charge is -2.30. The summed E-state index contributed by atoms with van der Waals surface area (Å²) in [6.45, 7) is 6.14. The standard InChI is InChI=1S/C15H28N2O3/c1-11(2)10-12(3)16-14(20)17-15(13(18)19)8-6-4-5-7-9-15/h11-12H,4-10H2,1-3H3,(H,18,19)(H2,16,17,20). The molecule has 0 bridgehead atoms. The monoisotopic (exact) mass is 284 g/mol. The van der Waals surface area contributed by atoms with E-state index in [1.807, 2.05) is 6.92 Å². The van der Waals surface area contributed by atoms with Crippen molar-refractivity contribution in [2.75, 3.05) is 0 Å². The Bertz CT molecular complexity index is 334. The molecule has 1 saturated carbocycles. The highest BCUT2D eigenvalue weighted by Crippen LogP contribution is 2.27. The van der Waals surface area contributed by atoms with Crippen LogP contribution in [0.2, 0.25) is 0 Å². The number of carbonyl (C=O) groups is 2. The highest BCUT2D eigenvalue weighted by Gasteiger charge is 2.40. The Labute approximate surface area is 121 Å². The predicted octanol–water partition coefficient (Wildman–Crippen LogP) is 2.90. The van der Waals surface area contributed by atoms with Gasteiger partial charge in [-0.2, -0.15) is 0 Å². The van der Waals surface area contributed by atoms with Crippen LogP contribution in [0.5, 0.6) is 0 Å². The summed E-state index contributed by atoms with van der Waals surface area (Å²) < 4.78 is 0. The van der Waals surface area contributed by atoms with Crippen LogP contribution in [0.4, 0.5) is 4.79 Å². The van der Waals surface area contributed by atoms with Crippen LogP contribution < -0.4 is 10.6 Å². The molecule has 20 heavy (non-hydrogen) atoms. The summed E-state index contributed by atoms with van der Waals surface area (Å²) in [6, 6.07) is -0.311. The fourth-order valence-electron chi connectivity index (χ4n) is 2.97. The normalized spacial score (nSPS) is 20.0. The number of carboxylic acids is 1. The van der Waals surface area contributed by atoms with Gasteiger partial charge in [-0.3, -0.25) is 0 Å². The molecular weight excluding hydrogens is 256 g/mol. The van der Waals surface area contributed by atoms with Crippen molar-refractivity contribution in [3.05, 3.63) is 0 Å². The number of hydrogen-bond acceptors (Lipinski definition) is 2. The summed E-state index contributed by atoms with van der Waals surface area (Å²) in [5.74, 6) is -0.414. The third-order valence-corrected chi connectivity index (χ3v) is 3.92. The van der Waals surface area contributed by atoms with E-state index in [0.717, 1.165) is 32.1 Å². The van der Waals surface area contributed by atoms with Crippen molar-refractivity contribution >= 4 is 12.0 Å². The van der Waals surface area contributed by atoms with Gasteiger partial charge < -0.3 is 15.7 Å². The summed E-state index contributed by atoms with van der Waals surface area (Å²) in [5, 5.41) is 15.1. The maximum absolute atomic E-state index is 12.0. The van der Waals surface area contributed by atoms with Crippen molar-refractivity contribution in [3.63, 3.8) is 0 Å². The molecule has 5 heteroatoms. The molecule has 1 fully saturated rings. The third kappa shape index (κ3) is 5.02. The molecule has 1 rings (SSSR count). The van der Waals surface area contributed by atoms with Gasteiger partial charge in [0.2, 0.25) is 0 Å². The molecule has 1 unspecified atom stereocenters. The van der Waals surface area contributed by atoms with Crippen molar-refractivity contribution < 1.29 is 14.7 Å². The molecule has 0 aliphatic heterocycles. The van der Waals surface area contributed by atoms with Crippen LogP contribution in [0.1, 0.15) is 65.7 Å². The molecule has 1 aliphatic rings. The van der Waals surface area contributed by atoms with E-state index < -0.39 is 11.5 Å². The molecule has 0 aromatic carbocycles. The highest BCUT2D eigenvalue weighted by molar-refractivity contribution is 5.86. The summed E-state index contributed by atoms with van der Waals surface area (Å²) >= 11 is 0. The minimum Gasteiger partial charge on any atom is -0.480 e. The zero-order valence-corrected chi connectivity index (χ0v) is 12.9. The van der Waals surface area contributed by atoms with E-state index in [-0.39, 0.29) is 12.1 Å². The van der Waals surface area contributed by atoms with E-state index in [2.05, 4.69) is 24.5 Å². The number of amides is 2. The zero-order chi connectivity index (χ0) is 15.2. The highest BCUT2D eigenvalue weighted by atomic mass is 16.4. The van der Waals surface area contributed by atoms with E-state index in [4.69, 9.17) is 0 Å². The number of urea groups is 1. The van der Waals surface area contributed by atoms with Crippen molar-refractivity contribution in [1.29, 1.82) is 0 Å². The van der Waals surface area contributed by atoms with Crippen LogP contribution in [0, 0.1) is 5.92 Å². The summed E-state index contributed by atoms with van der Waals surface area (Å²) in [4.78, 5) is 23.6. The first-order valence-electron chi connectivity index (χ1n) is 7.68. The van der Waals surface area contributed by atoms with Gasteiger partial charge in [-0.15, -0.1) is 0 Å². The molecule has 0 aromatic rings. The SMILES string of the molecule is CC(C)CC(C)NC(=O)NC1(C(=O)O)CCCCCC1. The third-order valence-electron chi connectivity index (χ3n) is 3.92. The second-order valence-corrected chi connectivity index (χ2v) is 6.43. The Balaban J connectivity index is 2.61. The van der Waals surface area contributed by atoms with E-state index in [1.54, 1.807) is 0 Å². The molecule has 1 aliphatic carbocycles.